The number of hydrogen-bond donors (Lipinski definition) is 1. The van der Waals surface area contributed by atoms with Crippen LogP contribution in [-0.2, 0) is 23.3 Å². The molecule has 0 radical (unpaired) electrons. The summed E-state index contributed by atoms with van der Waals surface area (Å²) in [5.74, 6) is 0.750. The van der Waals surface area contributed by atoms with Gasteiger partial charge < -0.3 is 4.84 Å². The second kappa shape index (κ2) is 10.4. The number of tetrazole rings is 1. The summed E-state index contributed by atoms with van der Waals surface area (Å²) >= 11 is 1.34. The first-order valence-corrected chi connectivity index (χ1v) is 12.1. The molecule has 0 unspecified atom stereocenters. The van der Waals surface area contributed by atoms with E-state index >= 15 is 0 Å². The molecule has 1 aliphatic rings. The van der Waals surface area contributed by atoms with Crippen LogP contribution in [0.4, 0.5) is 5.13 Å². The molecule has 10 heteroatoms. The number of benzene rings is 2. The Morgan fingerprint density at radius 1 is 1.14 bits per heavy atom. The number of oxime groups is 1. The lowest BCUT2D eigenvalue weighted by Crippen LogP contribution is -2.12. The van der Waals surface area contributed by atoms with E-state index in [4.69, 9.17) is 4.84 Å². The second-order valence-electron chi connectivity index (χ2n) is 8.08. The third kappa shape index (κ3) is 5.67. The monoisotopic (exact) mass is 485 g/mol. The number of aryl methyl sites for hydroxylation is 1. The van der Waals surface area contributed by atoms with Crippen LogP contribution in [0, 0.1) is 5.92 Å². The average Bonchev–Trinajstić information content (AvgIpc) is 3.49. The van der Waals surface area contributed by atoms with Crippen molar-refractivity contribution in [1.29, 1.82) is 0 Å². The van der Waals surface area contributed by atoms with E-state index in [9.17, 15) is 4.79 Å². The summed E-state index contributed by atoms with van der Waals surface area (Å²) in [7, 11) is 1.74. The minimum atomic E-state index is -0.184. The summed E-state index contributed by atoms with van der Waals surface area (Å²) in [6.45, 7) is 0.140. The lowest BCUT2D eigenvalue weighted by atomic mass is 10.0. The predicted octanol–water partition coefficient (Wildman–Crippen LogP) is 4.07. The number of carbonyl (C=O) groups excluding carboxylic acids is 1. The van der Waals surface area contributed by atoms with E-state index in [0.29, 0.717) is 28.3 Å². The molecule has 1 saturated carbocycles. The van der Waals surface area contributed by atoms with Gasteiger partial charge in [0.1, 0.15) is 0 Å². The number of rotatable bonds is 9. The molecular formula is C25H23N7O2S. The number of allylic oxidation sites excluding steroid dienone is 1. The van der Waals surface area contributed by atoms with Gasteiger partial charge in [0.05, 0.1) is 5.69 Å². The van der Waals surface area contributed by atoms with Gasteiger partial charge in [0.25, 0.3) is 0 Å². The number of hydrogen-bond acceptors (Lipinski definition) is 8. The molecule has 0 bridgehead atoms. The van der Waals surface area contributed by atoms with Crippen molar-refractivity contribution in [3.8, 4) is 0 Å². The average molecular weight is 486 g/mol. The standard InChI is InChI=1S/C25H23N7O2S/c1-32-24(28-30-31-32)23(19-10-6-3-7-11-19)29-34-15-20-16-35-25(26-20)27-22(33)14-21(18-12-13-18)17-8-4-2-5-9-17/h2-11,14,16,18H,12-13,15H2,1H3,(H,26,27,33)/b21-14+,29-23+. The first kappa shape index (κ1) is 22.6. The van der Waals surface area contributed by atoms with Crippen molar-refractivity contribution in [2.75, 3.05) is 5.32 Å². The normalized spacial score (nSPS) is 14.1. The van der Waals surface area contributed by atoms with Crippen molar-refractivity contribution < 1.29 is 9.63 Å². The molecule has 1 amide bonds. The second-order valence-corrected chi connectivity index (χ2v) is 8.94. The van der Waals surface area contributed by atoms with Gasteiger partial charge in [0.15, 0.2) is 17.5 Å². The van der Waals surface area contributed by atoms with Crippen molar-refractivity contribution in [3.63, 3.8) is 0 Å². The Labute approximate surface area is 206 Å². The number of anilines is 1. The molecule has 0 aliphatic heterocycles. The third-order valence-electron chi connectivity index (χ3n) is 5.44. The van der Waals surface area contributed by atoms with Gasteiger partial charge >= 0.3 is 0 Å². The Hall–Kier alpha value is -4.18. The van der Waals surface area contributed by atoms with Gasteiger partial charge in [-0.3, -0.25) is 10.1 Å². The van der Waals surface area contributed by atoms with Gasteiger partial charge in [-0.2, -0.15) is 0 Å². The number of carbonyl (C=O) groups is 1. The molecule has 2 aromatic heterocycles. The summed E-state index contributed by atoms with van der Waals surface area (Å²) in [6, 6.07) is 19.6. The molecule has 1 fully saturated rings. The quantitative estimate of drug-likeness (QED) is 0.218. The van der Waals surface area contributed by atoms with Crippen LogP contribution in [-0.4, -0.2) is 36.8 Å². The van der Waals surface area contributed by atoms with Crippen molar-refractivity contribution >= 4 is 33.7 Å². The number of nitrogens with one attached hydrogen (secondary N) is 1. The van der Waals surface area contributed by atoms with Gasteiger partial charge in [-0.25, -0.2) is 9.67 Å². The third-order valence-corrected chi connectivity index (χ3v) is 6.25. The van der Waals surface area contributed by atoms with Crippen LogP contribution in [0.5, 0.6) is 0 Å². The lowest BCUT2D eigenvalue weighted by Gasteiger charge is -2.06. The fourth-order valence-electron chi connectivity index (χ4n) is 3.59. The van der Waals surface area contributed by atoms with Crippen molar-refractivity contribution in [3.05, 3.63) is 94.8 Å². The van der Waals surface area contributed by atoms with E-state index in [0.717, 1.165) is 29.5 Å². The summed E-state index contributed by atoms with van der Waals surface area (Å²) in [5, 5.41) is 21.1. The molecule has 1 aliphatic carbocycles. The minimum absolute atomic E-state index is 0.140. The molecule has 0 spiro atoms. The zero-order chi connectivity index (χ0) is 24.0. The van der Waals surface area contributed by atoms with E-state index < -0.39 is 0 Å². The van der Waals surface area contributed by atoms with Gasteiger partial charge in [-0.15, -0.1) is 16.4 Å². The van der Waals surface area contributed by atoms with E-state index in [1.807, 2.05) is 66.0 Å². The first-order chi connectivity index (χ1) is 17.2. The van der Waals surface area contributed by atoms with E-state index in [1.165, 1.54) is 16.0 Å². The molecule has 35 heavy (non-hydrogen) atoms. The lowest BCUT2D eigenvalue weighted by molar-refractivity contribution is -0.111. The maximum Gasteiger partial charge on any atom is 0.250 e. The van der Waals surface area contributed by atoms with Crippen molar-refractivity contribution in [2.45, 2.75) is 19.4 Å². The molecular weight excluding hydrogens is 462 g/mol. The van der Waals surface area contributed by atoms with E-state index in [2.05, 4.69) is 31.0 Å². The van der Waals surface area contributed by atoms with Gasteiger partial charge in [-0.1, -0.05) is 65.8 Å². The van der Waals surface area contributed by atoms with Crippen LogP contribution >= 0.6 is 11.3 Å². The molecule has 0 atom stereocenters. The van der Waals surface area contributed by atoms with E-state index in [1.54, 1.807) is 13.1 Å². The van der Waals surface area contributed by atoms with Crippen LogP contribution < -0.4 is 5.32 Å². The van der Waals surface area contributed by atoms with Gasteiger partial charge in [0, 0.05) is 24.1 Å². The van der Waals surface area contributed by atoms with Gasteiger partial charge in [-0.05, 0) is 40.3 Å². The SMILES string of the molecule is Cn1nnnc1/C(=N/OCc1csc(NC(=O)/C=C(\c2ccccc2)C2CC2)n1)c1ccccc1. The Kier molecular flexibility index (Phi) is 6.71. The Morgan fingerprint density at radius 3 is 2.51 bits per heavy atom. The Morgan fingerprint density at radius 2 is 1.86 bits per heavy atom. The summed E-state index contributed by atoms with van der Waals surface area (Å²) in [5.41, 5.74) is 4.16. The Bertz CT molecular complexity index is 1360. The zero-order valence-corrected chi connectivity index (χ0v) is 19.9. The van der Waals surface area contributed by atoms with E-state index in [-0.39, 0.29) is 12.5 Å². The first-order valence-electron chi connectivity index (χ1n) is 11.2. The zero-order valence-electron chi connectivity index (χ0n) is 19.0. The molecule has 5 rings (SSSR count). The van der Waals surface area contributed by atoms with Crippen LogP contribution in [0.2, 0.25) is 0 Å². The molecule has 176 valence electrons. The van der Waals surface area contributed by atoms with Crippen molar-refractivity contribution in [2.24, 2.45) is 18.1 Å². The summed E-state index contributed by atoms with van der Waals surface area (Å²) in [6.07, 6.45) is 3.92. The van der Waals surface area contributed by atoms with Gasteiger partial charge in [0.2, 0.25) is 11.7 Å². The highest BCUT2D eigenvalue weighted by Crippen LogP contribution is 2.41. The smallest absolute Gasteiger partial charge is 0.250 e. The molecule has 1 N–H and O–H groups in total. The molecule has 9 nitrogen and oxygen atoms in total. The fraction of sp³-hybridized carbons (Fsp3) is 0.200. The molecule has 0 saturated heterocycles. The largest absolute Gasteiger partial charge is 0.389 e. The molecule has 2 heterocycles. The van der Waals surface area contributed by atoms with Crippen LogP contribution in [0.15, 0.2) is 77.3 Å². The topological polar surface area (TPSA) is 107 Å². The summed E-state index contributed by atoms with van der Waals surface area (Å²) < 4.78 is 1.53. The number of thiazole rings is 1. The highest BCUT2D eigenvalue weighted by atomic mass is 32.1. The molecule has 2 aromatic carbocycles. The van der Waals surface area contributed by atoms with Crippen LogP contribution in [0.3, 0.4) is 0 Å². The number of aromatic nitrogens is 5. The summed E-state index contributed by atoms with van der Waals surface area (Å²) in [4.78, 5) is 22.7. The van der Waals surface area contributed by atoms with Crippen LogP contribution in [0.1, 0.15) is 35.5 Å². The fourth-order valence-corrected chi connectivity index (χ4v) is 4.28. The van der Waals surface area contributed by atoms with Crippen LogP contribution in [0.25, 0.3) is 5.57 Å². The highest BCUT2D eigenvalue weighted by Gasteiger charge is 2.27. The minimum Gasteiger partial charge on any atom is -0.389 e. The maximum absolute atomic E-state index is 12.7. The maximum atomic E-state index is 12.7. The van der Waals surface area contributed by atoms with Crippen molar-refractivity contribution in [1.82, 2.24) is 25.2 Å². The number of amides is 1. The molecule has 4 aromatic rings. The predicted molar refractivity (Wildman–Crippen MR) is 134 cm³/mol. The highest BCUT2D eigenvalue weighted by molar-refractivity contribution is 7.13. The Balaban J connectivity index is 1.25. The number of nitrogens with zero attached hydrogens (tertiary/aromatic N) is 6.